The van der Waals surface area contributed by atoms with E-state index in [2.05, 4.69) is 10.4 Å². The number of aliphatic hydroxyl groups is 1. The first-order chi connectivity index (χ1) is 10.1. The minimum absolute atomic E-state index is 0.00633. The first-order valence-electron chi connectivity index (χ1n) is 7.07. The highest BCUT2D eigenvalue weighted by atomic mass is 16.2. The van der Waals surface area contributed by atoms with Gasteiger partial charge in [0.15, 0.2) is 0 Å². The Morgan fingerprint density at radius 1 is 1.29 bits per heavy atom. The third kappa shape index (κ3) is 4.16. The zero-order valence-electron chi connectivity index (χ0n) is 12.5. The Balaban J connectivity index is 1.85. The second kappa shape index (κ2) is 7.04. The maximum atomic E-state index is 11.9. The number of hydrogen-bond acceptors (Lipinski definition) is 3. The van der Waals surface area contributed by atoms with Crippen LogP contribution in [-0.2, 0) is 24.7 Å². The van der Waals surface area contributed by atoms with Crippen LogP contribution < -0.4 is 5.32 Å². The van der Waals surface area contributed by atoms with Crippen LogP contribution in [0.1, 0.15) is 23.2 Å². The first-order valence-corrected chi connectivity index (χ1v) is 7.07. The molecule has 2 aromatic rings. The monoisotopic (exact) mass is 287 g/mol. The maximum Gasteiger partial charge on any atom is 0.224 e. The minimum Gasteiger partial charge on any atom is -0.396 e. The zero-order chi connectivity index (χ0) is 15.2. The molecule has 1 heterocycles. The van der Waals surface area contributed by atoms with Gasteiger partial charge in [0.1, 0.15) is 0 Å². The number of rotatable bonds is 6. The molecule has 0 saturated heterocycles. The number of nitrogens with zero attached hydrogens (tertiary/aromatic N) is 2. The third-order valence-electron chi connectivity index (χ3n) is 3.60. The van der Waals surface area contributed by atoms with Gasteiger partial charge in [-0.25, -0.2) is 0 Å². The maximum absolute atomic E-state index is 11.9. The van der Waals surface area contributed by atoms with Gasteiger partial charge in [0.25, 0.3) is 0 Å². The number of nitrogens with one attached hydrogen (secondary N) is 1. The number of benzene rings is 1. The summed E-state index contributed by atoms with van der Waals surface area (Å²) in [7, 11) is 1.90. The van der Waals surface area contributed by atoms with Gasteiger partial charge < -0.3 is 10.4 Å². The topological polar surface area (TPSA) is 67.2 Å². The molecule has 1 amide bonds. The van der Waals surface area contributed by atoms with Gasteiger partial charge in [0.2, 0.25) is 5.91 Å². The molecule has 1 aromatic carbocycles. The highest BCUT2D eigenvalue weighted by molar-refractivity contribution is 5.90. The normalized spacial score (nSPS) is 10.6. The second-order valence-corrected chi connectivity index (χ2v) is 5.10. The second-order valence-electron chi connectivity index (χ2n) is 5.10. The number of aromatic nitrogens is 2. The molecule has 112 valence electrons. The molecule has 0 aliphatic carbocycles. The highest BCUT2D eigenvalue weighted by Crippen LogP contribution is 2.12. The molecular formula is C16H21N3O2. The van der Waals surface area contributed by atoms with Crippen molar-refractivity contribution in [3.8, 4) is 0 Å². The fourth-order valence-electron chi connectivity index (χ4n) is 2.15. The number of aryl methyl sites for hydroxylation is 2. The lowest BCUT2D eigenvalue weighted by molar-refractivity contribution is -0.116. The van der Waals surface area contributed by atoms with Crippen molar-refractivity contribution in [3.05, 3.63) is 47.3 Å². The molecule has 0 saturated carbocycles. The summed E-state index contributed by atoms with van der Waals surface area (Å²) in [6, 6.07) is 7.55. The van der Waals surface area contributed by atoms with Gasteiger partial charge in [0, 0.05) is 31.5 Å². The Morgan fingerprint density at radius 2 is 2.00 bits per heavy atom. The fraction of sp³-hybridized carbons (Fsp3) is 0.375. The summed E-state index contributed by atoms with van der Waals surface area (Å²) in [5, 5.41) is 15.9. The SMILES string of the molecule is Cc1c(CCC(=O)Nc2ccc(CCO)cc2)cnn1C. The molecule has 5 heteroatoms. The van der Waals surface area contributed by atoms with Crippen molar-refractivity contribution in [2.75, 3.05) is 11.9 Å². The van der Waals surface area contributed by atoms with E-state index >= 15 is 0 Å². The third-order valence-corrected chi connectivity index (χ3v) is 3.60. The van der Waals surface area contributed by atoms with E-state index in [1.807, 2.05) is 49.1 Å². The summed E-state index contributed by atoms with van der Waals surface area (Å²) in [4.78, 5) is 11.9. The molecule has 0 aliphatic heterocycles. The quantitative estimate of drug-likeness (QED) is 0.852. The summed E-state index contributed by atoms with van der Waals surface area (Å²) < 4.78 is 1.81. The summed E-state index contributed by atoms with van der Waals surface area (Å²) in [6.45, 7) is 2.14. The van der Waals surface area contributed by atoms with Crippen LogP contribution in [0.15, 0.2) is 30.5 Å². The van der Waals surface area contributed by atoms with Crippen LogP contribution in [0.3, 0.4) is 0 Å². The lowest BCUT2D eigenvalue weighted by atomic mass is 10.1. The van der Waals surface area contributed by atoms with Gasteiger partial charge in [-0.05, 0) is 43.0 Å². The fourth-order valence-corrected chi connectivity index (χ4v) is 2.15. The standard InChI is InChI=1S/C16H21N3O2/c1-12-14(11-17-19(12)2)5-8-16(21)18-15-6-3-13(4-7-15)9-10-20/h3-4,6-7,11,20H,5,8-10H2,1-2H3,(H,18,21). The number of aliphatic hydroxyl groups excluding tert-OH is 1. The van der Waals surface area contributed by atoms with Crippen molar-refractivity contribution < 1.29 is 9.90 Å². The van der Waals surface area contributed by atoms with Crippen LogP contribution in [0.25, 0.3) is 0 Å². The summed E-state index contributed by atoms with van der Waals surface area (Å²) in [6.07, 6.45) is 3.57. The van der Waals surface area contributed by atoms with Crippen LogP contribution in [0, 0.1) is 6.92 Å². The van der Waals surface area contributed by atoms with Gasteiger partial charge in [0.05, 0.1) is 6.20 Å². The Labute approximate surface area is 124 Å². The molecule has 2 rings (SSSR count). The molecule has 1 aromatic heterocycles. The van der Waals surface area contributed by atoms with Crippen molar-refractivity contribution in [2.45, 2.75) is 26.2 Å². The van der Waals surface area contributed by atoms with E-state index in [4.69, 9.17) is 5.11 Å². The molecule has 0 radical (unpaired) electrons. The predicted molar refractivity (Wildman–Crippen MR) is 82.1 cm³/mol. The summed E-state index contributed by atoms with van der Waals surface area (Å²) >= 11 is 0. The summed E-state index contributed by atoms with van der Waals surface area (Å²) in [5.41, 5.74) is 4.04. The lowest BCUT2D eigenvalue weighted by Gasteiger charge is -2.06. The van der Waals surface area contributed by atoms with Crippen LogP contribution in [0.2, 0.25) is 0 Å². The number of anilines is 1. The van der Waals surface area contributed by atoms with Crippen LogP contribution in [0.5, 0.6) is 0 Å². The van der Waals surface area contributed by atoms with E-state index in [0.29, 0.717) is 19.3 Å². The molecule has 0 aliphatic rings. The van der Waals surface area contributed by atoms with Gasteiger partial charge in [-0.2, -0.15) is 5.10 Å². The van der Waals surface area contributed by atoms with E-state index in [0.717, 1.165) is 22.5 Å². The molecule has 5 nitrogen and oxygen atoms in total. The number of carbonyl (C=O) groups excluding carboxylic acids is 1. The summed E-state index contributed by atoms with van der Waals surface area (Å²) in [5.74, 6) is -0.00633. The molecular weight excluding hydrogens is 266 g/mol. The number of carbonyl (C=O) groups is 1. The number of hydrogen-bond donors (Lipinski definition) is 2. The van der Waals surface area contributed by atoms with Crippen LogP contribution in [-0.4, -0.2) is 27.4 Å². The van der Waals surface area contributed by atoms with Crippen LogP contribution >= 0.6 is 0 Å². The molecule has 21 heavy (non-hydrogen) atoms. The number of amides is 1. The van der Waals surface area contributed by atoms with E-state index in [1.165, 1.54) is 0 Å². The van der Waals surface area contributed by atoms with Crippen molar-refractivity contribution in [3.63, 3.8) is 0 Å². The Bertz CT molecular complexity index is 602. The molecule has 2 N–H and O–H groups in total. The Hall–Kier alpha value is -2.14. The largest absolute Gasteiger partial charge is 0.396 e. The first kappa shape index (κ1) is 15.3. The molecule has 0 spiro atoms. The minimum atomic E-state index is -0.00633. The Kier molecular flexibility index (Phi) is 5.11. The van der Waals surface area contributed by atoms with Crippen LogP contribution in [0.4, 0.5) is 5.69 Å². The average Bonchev–Trinajstić information content (AvgIpc) is 2.79. The molecule has 0 unspecified atom stereocenters. The zero-order valence-corrected chi connectivity index (χ0v) is 12.5. The highest BCUT2D eigenvalue weighted by Gasteiger charge is 2.07. The predicted octanol–water partition coefficient (Wildman–Crippen LogP) is 1.83. The van der Waals surface area contributed by atoms with E-state index in [-0.39, 0.29) is 12.5 Å². The Morgan fingerprint density at radius 3 is 2.57 bits per heavy atom. The van der Waals surface area contributed by atoms with Crippen molar-refractivity contribution in [1.29, 1.82) is 0 Å². The van der Waals surface area contributed by atoms with Gasteiger partial charge in [-0.15, -0.1) is 0 Å². The van der Waals surface area contributed by atoms with E-state index < -0.39 is 0 Å². The van der Waals surface area contributed by atoms with Gasteiger partial charge >= 0.3 is 0 Å². The average molecular weight is 287 g/mol. The molecule has 0 bridgehead atoms. The smallest absolute Gasteiger partial charge is 0.224 e. The van der Waals surface area contributed by atoms with Crippen molar-refractivity contribution in [2.24, 2.45) is 7.05 Å². The van der Waals surface area contributed by atoms with E-state index in [9.17, 15) is 4.79 Å². The lowest BCUT2D eigenvalue weighted by Crippen LogP contribution is -2.12. The van der Waals surface area contributed by atoms with E-state index in [1.54, 1.807) is 0 Å². The van der Waals surface area contributed by atoms with Gasteiger partial charge in [-0.3, -0.25) is 9.48 Å². The molecule has 0 fully saturated rings. The van der Waals surface area contributed by atoms with Crippen molar-refractivity contribution >= 4 is 11.6 Å². The molecule has 0 atom stereocenters. The van der Waals surface area contributed by atoms with Crippen molar-refractivity contribution in [1.82, 2.24) is 9.78 Å². The van der Waals surface area contributed by atoms with Gasteiger partial charge in [-0.1, -0.05) is 12.1 Å².